The topological polar surface area (TPSA) is 78.1 Å². The first kappa shape index (κ1) is 21.5. The number of carbonyl (C=O) groups excluding carboxylic acids is 1. The van der Waals surface area contributed by atoms with E-state index in [0.717, 1.165) is 17.2 Å². The number of rotatable bonds is 13. The molecule has 0 aliphatic carbocycles. The van der Waals surface area contributed by atoms with Crippen molar-refractivity contribution in [1.29, 1.82) is 0 Å². The summed E-state index contributed by atoms with van der Waals surface area (Å²) in [5.41, 5.74) is 1.52. The Morgan fingerprint density at radius 1 is 0.893 bits per heavy atom. The van der Waals surface area contributed by atoms with Crippen molar-refractivity contribution >= 4 is 17.3 Å². The molecule has 0 radical (unpaired) electrons. The molecule has 2 rings (SSSR count). The van der Waals surface area contributed by atoms with Crippen LogP contribution in [0, 0.1) is 0 Å². The summed E-state index contributed by atoms with van der Waals surface area (Å²) in [7, 11) is 1.63. The summed E-state index contributed by atoms with van der Waals surface area (Å²) in [4.78, 5) is 12.1. The van der Waals surface area contributed by atoms with E-state index >= 15 is 0 Å². The van der Waals surface area contributed by atoms with Gasteiger partial charge in [-0.3, -0.25) is 4.79 Å². The average molecular weight is 388 g/mol. The van der Waals surface area contributed by atoms with E-state index in [9.17, 15) is 4.79 Å². The number of amides is 1. The van der Waals surface area contributed by atoms with Gasteiger partial charge in [-0.1, -0.05) is 6.07 Å². The van der Waals surface area contributed by atoms with Crippen molar-refractivity contribution in [2.75, 3.05) is 57.3 Å². The van der Waals surface area contributed by atoms with Crippen molar-refractivity contribution in [3.63, 3.8) is 0 Å². The van der Waals surface area contributed by atoms with Crippen molar-refractivity contribution < 1.29 is 23.7 Å². The Morgan fingerprint density at radius 2 is 1.64 bits per heavy atom. The Labute approximate surface area is 165 Å². The van der Waals surface area contributed by atoms with Crippen molar-refractivity contribution in [3.05, 3.63) is 48.5 Å². The number of methoxy groups -OCH3 is 1. The zero-order valence-corrected chi connectivity index (χ0v) is 16.4. The predicted octanol–water partition coefficient (Wildman–Crippen LogP) is 3.18. The quantitative estimate of drug-likeness (QED) is 0.513. The Balaban J connectivity index is 1.74. The molecule has 7 nitrogen and oxygen atoms in total. The highest BCUT2D eigenvalue weighted by atomic mass is 16.5. The fourth-order valence-electron chi connectivity index (χ4n) is 2.32. The van der Waals surface area contributed by atoms with Gasteiger partial charge in [0.05, 0.1) is 19.8 Å². The van der Waals surface area contributed by atoms with E-state index in [1.165, 1.54) is 0 Å². The van der Waals surface area contributed by atoms with Gasteiger partial charge in [-0.2, -0.15) is 0 Å². The first-order chi connectivity index (χ1) is 13.7. The third-order valence-electron chi connectivity index (χ3n) is 3.68. The summed E-state index contributed by atoms with van der Waals surface area (Å²) in [6.45, 7) is 4.82. The average Bonchev–Trinajstić information content (AvgIpc) is 2.71. The maximum Gasteiger partial charge on any atom is 0.243 e. The number of hydrogen-bond acceptors (Lipinski definition) is 6. The lowest BCUT2D eigenvalue weighted by molar-refractivity contribution is -0.114. The molecule has 0 aliphatic heterocycles. The predicted molar refractivity (Wildman–Crippen MR) is 109 cm³/mol. The molecule has 0 saturated carbocycles. The van der Waals surface area contributed by atoms with Crippen LogP contribution in [0.15, 0.2) is 48.5 Å². The second kappa shape index (κ2) is 12.6. The molecular formula is C21H28N2O5. The molecule has 1 amide bonds. The molecule has 7 heteroatoms. The molecule has 0 heterocycles. The van der Waals surface area contributed by atoms with Crippen LogP contribution in [-0.4, -0.2) is 52.6 Å². The third-order valence-corrected chi connectivity index (χ3v) is 3.68. The summed E-state index contributed by atoms with van der Waals surface area (Å²) in [6.07, 6.45) is 0. The highest BCUT2D eigenvalue weighted by Crippen LogP contribution is 2.18. The molecule has 0 aliphatic rings. The summed E-state index contributed by atoms with van der Waals surface area (Å²) in [5.74, 6) is 1.32. The molecule has 0 spiro atoms. The molecule has 2 N–H and O–H groups in total. The minimum Gasteiger partial charge on any atom is -0.491 e. The minimum absolute atomic E-state index is 0.143. The summed E-state index contributed by atoms with van der Waals surface area (Å²) in [5, 5.41) is 5.93. The third kappa shape index (κ3) is 8.28. The fraction of sp³-hybridized carbons (Fsp3) is 0.381. The molecule has 28 heavy (non-hydrogen) atoms. The van der Waals surface area contributed by atoms with E-state index in [-0.39, 0.29) is 12.5 Å². The van der Waals surface area contributed by atoms with Crippen LogP contribution >= 0.6 is 0 Å². The van der Waals surface area contributed by atoms with E-state index in [0.29, 0.717) is 38.7 Å². The maximum absolute atomic E-state index is 12.1. The highest BCUT2D eigenvalue weighted by Gasteiger charge is 2.04. The molecule has 0 aromatic heterocycles. The van der Waals surface area contributed by atoms with Gasteiger partial charge in [-0.25, -0.2) is 0 Å². The van der Waals surface area contributed by atoms with Gasteiger partial charge in [0.15, 0.2) is 0 Å². The number of nitrogens with one attached hydrogen (secondary N) is 2. The Kier molecular flexibility index (Phi) is 9.68. The highest BCUT2D eigenvalue weighted by molar-refractivity contribution is 5.93. The van der Waals surface area contributed by atoms with Crippen molar-refractivity contribution in [3.8, 4) is 11.5 Å². The zero-order chi connectivity index (χ0) is 20.0. The van der Waals surface area contributed by atoms with Gasteiger partial charge in [0.1, 0.15) is 24.7 Å². The molecule has 2 aromatic rings. The lowest BCUT2D eigenvalue weighted by atomic mass is 10.3. The standard InChI is InChI=1S/C21H28N2O5/c1-3-26-12-14-27-19-9-7-17(8-10-19)23-21(24)16-22-18-5-4-6-20(15-18)28-13-11-25-2/h4-10,15,22H,3,11-14,16H2,1-2H3,(H,23,24). The SMILES string of the molecule is CCOCCOc1ccc(NC(=O)CNc2cccc(OCCOC)c2)cc1. The molecule has 0 bridgehead atoms. The maximum atomic E-state index is 12.1. The summed E-state index contributed by atoms with van der Waals surface area (Å²) < 4.78 is 21.3. The fourth-order valence-corrected chi connectivity index (χ4v) is 2.32. The summed E-state index contributed by atoms with van der Waals surface area (Å²) in [6, 6.07) is 14.7. The monoisotopic (exact) mass is 388 g/mol. The van der Waals surface area contributed by atoms with Crippen LogP contribution < -0.4 is 20.1 Å². The van der Waals surface area contributed by atoms with Gasteiger partial charge in [0, 0.05) is 31.2 Å². The van der Waals surface area contributed by atoms with Gasteiger partial charge < -0.3 is 29.6 Å². The molecule has 152 valence electrons. The van der Waals surface area contributed by atoms with Gasteiger partial charge >= 0.3 is 0 Å². The number of ether oxygens (including phenoxy) is 4. The van der Waals surface area contributed by atoms with Gasteiger partial charge in [0.25, 0.3) is 0 Å². The Hall–Kier alpha value is -2.77. The van der Waals surface area contributed by atoms with Gasteiger partial charge in [-0.15, -0.1) is 0 Å². The Bertz CT molecular complexity index is 706. The van der Waals surface area contributed by atoms with Crippen molar-refractivity contribution in [1.82, 2.24) is 0 Å². The van der Waals surface area contributed by atoms with Crippen LogP contribution in [0.5, 0.6) is 11.5 Å². The summed E-state index contributed by atoms with van der Waals surface area (Å²) >= 11 is 0. The zero-order valence-electron chi connectivity index (χ0n) is 16.4. The van der Waals surface area contributed by atoms with Crippen LogP contribution in [-0.2, 0) is 14.3 Å². The van der Waals surface area contributed by atoms with Crippen LogP contribution in [0.25, 0.3) is 0 Å². The molecule has 0 unspecified atom stereocenters. The number of benzene rings is 2. The van der Waals surface area contributed by atoms with Crippen LogP contribution in [0.1, 0.15) is 6.92 Å². The first-order valence-corrected chi connectivity index (χ1v) is 9.27. The number of carbonyl (C=O) groups is 1. The molecule has 0 saturated heterocycles. The van der Waals surface area contributed by atoms with E-state index < -0.39 is 0 Å². The first-order valence-electron chi connectivity index (χ1n) is 9.27. The van der Waals surface area contributed by atoms with E-state index in [1.807, 2.05) is 43.3 Å². The van der Waals surface area contributed by atoms with Crippen molar-refractivity contribution in [2.24, 2.45) is 0 Å². The molecule has 2 aromatic carbocycles. The second-order valence-electron chi connectivity index (χ2n) is 5.84. The number of anilines is 2. The van der Waals surface area contributed by atoms with E-state index in [1.54, 1.807) is 19.2 Å². The largest absolute Gasteiger partial charge is 0.491 e. The lowest BCUT2D eigenvalue weighted by Crippen LogP contribution is -2.21. The smallest absolute Gasteiger partial charge is 0.243 e. The molecule has 0 atom stereocenters. The van der Waals surface area contributed by atoms with Crippen LogP contribution in [0.3, 0.4) is 0 Å². The van der Waals surface area contributed by atoms with E-state index in [2.05, 4.69) is 10.6 Å². The molecular weight excluding hydrogens is 360 g/mol. The second-order valence-corrected chi connectivity index (χ2v) is 5.84. The lowest BCUT2D eigenvalue weighted by Gasteiger charge is -2.11. The van der Waals surface area contributed by atoms with Crippen molar-refractivity contribution in [2.45, 2.75) is 6.92 Å². The van der Waals surface area contributed by atoms with E-state index in [4.69, 9.17) is 18.9 Å². The molecule has 0 fully saturated rings. The number of hydrogen-bond donors (Lipinski definition) is 2. The van der Waals surface area contributed by atoms with Gasteiger partial charge in [0.2, 0.25) is 5.91 Å². The normalized spacial score (nSPS) is 10.4. The van der Waals surface area contributed by atoms with Gasteiger partial charge in [-0.05, 0) is 43.3 Å². The Morgan fingerprint density at radius 3 is 2.39 bits per heavy atom. The minimum atomic E-state index is -0.143. The van der Waals surface area contributed by atoms with Crippen LogP contribution in [0.2, 0.25) is 0 Å². The van der Waals surface area contributed by atoms with Crippen LogP contribution in [0.4, 0.5) is 11.4 Å².